The summed E-state index contributed by atoms with van der Waals surface area (Å²) in [4.78, 5) is 40.7. The number of hydrogen-bond donors (Lipinski definition) is 1. The Kier molecular flexibility index (Phi) is 3.33. The maximum Gasteiger partial charge on any atom is 0.337 e. The first-order valence-electron chi connectivity index (χ1n) is 6.33. The summed E-state index contributed by atoms with van der Waals surface area (Å²) in [6.45, 7) is 5.47. The molecule has 1 aliphatic rings. The zero-order valence-electron chi connectivity index (χ0n) is 11.6. The fourth-order valence-electron chi connectivity index (χ4n) is 2.28. The highest BCUT2D eigenvalue weighted by molar-refractivity contribution is 6.24. The predicted molar refractivity (Wildman–Crippen MR) is 71.3 cm³/mol. The highest BCUT2D eigenvalue weighted by Crippen LogP contribution is 2.41. The lowest BCUT2D eigenvalue weighted by atomic mass is 9.78. The van der Waals surface area contributed by atoms with Crippen LogP contribution in [0, 0.1) is 11.3 Å². The van der Waals surface area contributed by atoms with E-state index < -0.39 is 11.4 Å². The number of carbonyl (C=O) groups is 3. The number of anilines is 1. The second-order valence-electron chi connectivity index (χ2n) is 5.48. The maximum atomic E-state index is 12.5. The third-order valence-corrected chi connectivity index (χ3v) is 4.01. The molecule has 0 bridgehead atoms. The minimum atomic E-state index is -1.19. The first-order valence-corrected chi connectivity index (χ1v) is 6.33. The molecule has 1 atom stereocenters. The summed E-state index contributed by atoms with van der Waals surface area (Å²) in [7, 11) is 0. The minimum absolute atomic E-state index is 0.0195. The van der Waals surface area contributed by atoms with Crippen molar-refractivity contribution in [3.8, 4) is 0 Å². The zero-order valence-corrected chi connectivity index (χ0v) is 11.6. The smallest absolute Gasteiger partial charge is 0.337 e. The molecular formula is C14H16N2O4. The zero-order chi connectivity index (χ0) is 15.1. The average Bonchev–Trinajstić information content (AvgIpc) is 2.61. The van der Waals surface area contributed by atoms with Gasteiger partial charge in [0, 0.05) is 12.6 Å². The molecule has 1 N–H and O–H groups in total. The van der Waals surface area contributed by atoms with Crippen LogP contribution in [0.1, 0.15) is 37.6 Å². The van der Waals surface area contributed by atoms with Gasteiger partial charge in [0.2, 0.25) is 11.8 Å². The SMILES string of the molecule is CC(C)C1(C)CC(=O)N(c2cnccc2C(=O)O)C1=O. The van der Waals surface area contributed by atoms with Crippen molar-refractivity contribution in [2.24, 2.45) is 11.3 Å². The lowest BCUT2D eigenvalue weighted by Gasteiger charge is -2.26. The highest BCUT2D eigenvalue weighted by Gasteiger charge is 2.51. The molecule has 0 aromatic carbocycles. The maximum absolute atomic E-state index is 12.5. The summed E-state index contributed by atoms with van der Waals surface area (Å²) < 4.78 is 0. The van der Waals surface area contributed by atoms with Crippen LogP contribution in [-0.2, 0) is 9.59 Å². The van der Waals surface area contributed by atoms with Crippen molar-refractivity contribution < 1.29 is 19.5 Å². The molecular weight excluding hydrogens is 260 g/mol. The van der Waals surface area contributed by atoms with Crippen molar-refractivity contribution in [3.63, 3.8) is 0 Å². The number of hydrogen-bond acceptors (Lipinski definition) is 4. The molecule has 106 valence electrons. The average molecular weight is 276 g/mol. The van der Waals surface area contributed by atoms with Gasteiger partial charge < -0.3 is 5.11 Å². The van der Waals surface area contributed by atoms with Gasteiger partial charge in [-0.25, -0.2) is 9.69 Å². The Bertz CT molecular complexity index is 597. The van der Waals surface area contributed by atoms with Crippen molar-refractivity contribution in [1.29, 1.82) is 0 Å². The molecule has 1 saturated heterocycles. The van der Waals surface area contributed by atoms with E-state index >= 15 is 0 Å². The summed E-state index contributed by atoms with van der Waals surface area (Å²) in [5.74, 6) is -1.97. The normalized spacial score (nSPS) is 22.7. The number of pyridine rings is 1. The van der Waals surface area contributed by atoms with Crippen LogP contribution < -0.4 is 4.90 Å². The Morgan fingerprint density at radius 3 is 2.60 bits per heavy atom. The Labute approximate surface area is 116 Å². The molecule has 2 heterocycles. The van der Waals surface area contributed by atoms with Crippen LogP contribution in [0.4, 0.5) is 5.69 Å². The van der Waals surface area contributed by atoms with Gasteiger partial charge in [-0.15, -0.1) is 0 Å². The van der Waals surface area contributed by atoms with E-state index in [1.54, 1.807) is 6.92 Å². The predicted octanol–water partition coefficient (Wildman–Crippen LogP) is 1.71. The first kappa shape index (κ1) is 14.2. The van der Waals surface area contributed by atoms with Crippen LogP contribution in [-0.4, -0.2) is 27.9 Å². The molecule has 6 nitrogen and oxygen atoms in total. The number of aromatic nitrogens is 1. The summed E-state index contributed by atoms with van der Waals surface area (Å²) in [6.07, 6.45) is 2.64. The summed E-state index contributed by atoms with van der Waals surface area (Å²) in [5.41, 5.74) is -0.864. The largest absolute Gasteiger partial charge is 0.478 e. The number of carboxylic acids is 1. The molecule has 20 heavy (non-hydrogen) atoms. The van der Waals surface area contributed by atoms with Gasteiger partial charge in [-0.2, -0.15) is 0 Å². The summed E-state index contributed by atoms with van der Waals surface area (Å²) in [6, 6.07) is 1.28. The van der Waals surface area contributed by atoms with E-state index in [0.717, 1.165) is 4.90 Å². The molecule has 6 heteroatoms. The minimum Gasteiger partial charge on any atom is -0.478 e. The van der Waals surface area contributed by atoms with Crippen molar-refractivity contribution in [2.75, 3.05) is 4.90 Å². The van der Waals surface area contributed by atoms with Gasteiger partial charge in [-0.05, 0) is 18.9 Å². The van der Waals surface area contributed by atoms with E-state index in [4.69, 9.17) is 5.11 Å². The number of carbonyl (C=O) groups excluding carboxylic acids is 2. The van der Waals surface area contributed by atoms with Gasteiger partial charge in [0.25, 0.3) is 0 Å². The number of nitrogens with zero attached hydrogens (tertiary/aromatic N) is 2. The molecule has 0 aliphatic carbocycles. The first-order chi connectivity index (χ1) is 9.29. The fourth-order valence-corrected chi connectivity index (χ4v) is 2.28. The molecule has 1 aromatic rings. The van der Waals surface area contributed by atoms with Gasteiger partial charge in [-0.3, -0.25) is 14.6 Å². The summed E-state index contributed by atoms with van der Waals surface area (Å²) >= 11 is 0. The second-order valence-corrected chi connectivity index (χ2v) is 5.48. The highest BCUT2D eigenvalue weighted by atomic mass is 16.4. The van der Waals surface area contributed by atoms with E-state index in [0.29, 0.717) is 0 Å². The number of amides is 2. The topological polar surface area (TPSA) is 87.6 Å². The van der Waals surface area contributed by atoms with Crippen LogP contribution in [0.25, 0.3) is 0 Å². The molecule has 1 aliphatic heterocycles. The van der Waals surface area contributed by atoms with Crippen molar-refractivity contribution in [1.82, 2.24) is 4.98 Å². The van der Waals surface area contributed by atoms with Crippen LogP contribution in [0.15, 0.2) is 18.5 Å². The van der Waals surface area contributed by atoms with Gasteiger partial charge in [0.1, 0.15) is 0 Å². The third-order valence-electron chi connectivity index (χ3n) is 4.01. The van der Waals surface area contributed by atoms with Crippen molar-refractivity contribution in [2.45, 2.75) is 27.2 Å². The van der Waals surface area contributed by atoms with Gasteiger partial charge in [0.15, 0.2) is 0 Å². The Hall–Kier alpha value is -2.24. The van der Waals surface area contributed by atoms with E-state index in [-0.39, 0.29) is 35.4 Å². The standard InChI is InChI=1S/C14H16N2O4/c1-8(2)14(3)6-11(17)16(13(14)20)10-7-15-5-4-9(10)12(18)19/h4-5,7-8H,6H2,1-3H3,(H,18,19). The second kappa shape index (κ2) is 4.70. The van der Waals surface area contributed by atoms with E-state index in [2.05, 4.69) is 4.98 Å². The lowest BCUT2D eigenvalue weighted by molar-refractivity contribution is -0.126. The molecule has 0 radical (unpaired) electrons. The van der Waals surface area contributed by atoms with Crippen LogP contribution in [0.2, 0.25) is 0 Å². The summed E-state index contributed by atoms with van der Waals surface area (Å²) in [5, 5.41) is 9.16. The monoisotopic (exact) mass is 276 g/mol. The number of aromatic carboxylic acids is 1. The number of imide groups is 1. The molecule has 2 rings (SSSR count). The van der Waals surface area contributed by atoms with Gasteiger partial charge in [0.05, 0.1) is 22.9 Å². The van der Waals surface area contributed by atoms with E-state index in [1.807, 2.05) is 13.8 Å². The van der Waals surface area contributed by atoms with Gasteiger partial charge in [-0.1, -0.05) is 13.8 Å². The van der Waals surface area contributed by atoms with E-state index in [1.165, 1.54) is 18.5 Å². The molecule has 1 fully saturated rings. The van der Waals surface area contributed by atoms with Crippen molar-refractivity contribution in [3.05, 3.63) is 24.0 Å². The Morgan fingerprint density at radius 2 is 2.10 bits per heavy atom. The quantitative estimate of drug-likeness (QED) is 0.849. The molecule has 0 spiro atoms. The van der Waals surface area contributed by atoms with E-state index in [9.17, 15) is 14.4 Å². The van der Waals surface area contributed by atoms with Crippen LogP contribution in [0.5, 0.6) is 0 Å². The van der Waals surface area contributed by atoms with Crippen LogP contribution in [0.3, 0.4) is 0 Å². The number of carboxylic acid groups (broad SMARTS) is 1. The molecule has 2 amide bonds. The third kappa shape index (κ3) is 1.97. The molecule has 0 saturated carbocycles. The lowest BCUT2D eigenvalue weighted by Crippen LogP contribution is -2.37. The van der Waals surface area contributed by atoms with Crippen LogP contribution >= 0.6 is 0 Å². The molecule has 1 unspecified atom stereocenters. The Morgan fingerprint density at radius 1 is 1.45 bits per heavy atom. The van der Waals surface area contributed by atoms with Crippen molar-refractivity contribution >= 4 is 23.5 Å². The number of rotatable bonds is 3. The van der Waals surface area contributed by atoms with Gasteiger partial charge >= 0.3 is 5.97 Å². The fraction of sp³-hybridized carbons (Fsp3) is 0.429. The molecule has 1 aromatic heterocycles. The Balaban J connectivity index is 2.52.